The lowest BCUT2D eigenvalue weighted by atomic mass is 9.72. The first-order chi connectivity index (χ1) is 13.6. The van der Waals surface area contributed by atoms with E-state index in [9.17, 15) is 9.90 Å². The second-order valence-electron chi connectivity index (χ2n) is 8.98. The van der Waals surface area contributed by atoms with Crippen LogP contribution in [0.25, 0.3) is 0 Å². The van der Waals surface area contributed by atoms with E-state index in [4.69, 9.17) is 4.74 Å². The molecule has 170 valence electrons. The average molecular weight is 478 g/mol. The van der Waals surface area contributed by atoms with Crippen LogP contribution in [0.3, 0.4) is 0 Å². The summed E-state index contributed by atoms with van der Waals surface area (Å²) in [6.45, 7) is 5.83. The summed E-state index contributed by atoms with van der Waals surface area (Å²) in [4.78, 5) is 17.5. The molecule has 0 saturated carbocycles. The summed E-state index contributed by atoms with van der Waals surface area (Å²) in [7, 11) is 0. The number of aliphatic hydroxyl groups excluding tert-OH is 1. The molecule has 2 spiro atoms. The molecule has 5 rings (SSSR count). The predicted octanol–water partition coefficient (Wildman–Crippen LogP) is 2.32. The Hall–Kier alpha value is -0.410. The minimum atomic E-state index is -0.313. The summed E-state index contributed by atoms with van der Waals surface area (Å²) in [5.74, 6) is 0.139. The van der Waals surface area contributed by atoms with Gasteiger partial charge in [0.15, 0.2) is 0 Å². The molecular formula is C21H33Cl2N3O3S. The third-order valence-corrected chi connectivity index (χ3v) is 8.62. The highest BCUT2D eigenvalue weighted by atomic mass is 35.5. The van der Waals surface area contributed by atoms with Gasteiger partial charge in [0.05, 0.1) is 17.6 Å². The van der Waals surface area contributed by atoms with Crippen LogP contribution in [0.15, 0.2) is 6.07 Å². The van der Waals surface area contributed by atoms with E-state index in [0.29, 0.717) is 6.54 Å². The van der Waals surface area contributed by atoms with Crippen molar-refractivity contribution in [3.05, 3.63) is 21.4 Å². The van der Waals surface area contributed by atoms with Crippen molar-refractivity contribution in [3.63, 3.8) is 0 Å². The lowest BCUT2D eigenvalue weighted by Crippen LogP contribution is -2.58. The Morgan fingerprint density at radius 3 is 2.77 bits per heavy atom. The average Bonchev–Trinajstić information content (AvgIpc) is 3.17. The molecule has 0 aromatic carbocycles. The first-order valence-corrected chi connectivity index (χ1v) is 11.6. The van der Waals surface area contributed by atoms with Gasteiger partial charge in [0.25, 0.3) is 5.91 Å². The fraction of sp³-hybridized carbons (Fsp3) is 0.762. The zero-order valence-corrected chi connectivity index (χ0v) is 19.7. The Morgan fingerprint density at radius 1 is 1.20 bits per heavy atom. The molecule has 0 radical (unpaired) electrons. The Morgan fingerprint density at radius 2 is 2.00 bits per heavy atom. The van der Waals surface area contributed by atoms with Gasteiger partial charge >= 0.3 is 0 Å². The second kappa shape index (κ2) is 9.61. The van der Waals surface area contributed by atoms with Gasteiger partial charge in [-0.2, -0.15) is 0 Å². The summed E-state index contributed by atoms with van der Waals surface area (Å²) >= 11 is 1.66. The Balaban J connectivity index is 0.00000128. The number of carbonyl (C=O) groups excluding carboxylic acids is 1. The van der Waals surface area contributed by atoms with Crippen LogP contribution < -0.4 is 10.6 Å². The van der Waals surface area contributed by atoms with Gasteiger partial charge in [-0.25, -0.2) is 0 Å². The SMILES string of the molecule is Cl.Cl.O=C(c1cc2c(s1)C1(CCNCC1)OCC2)N1CCC[C@]2(CNCC[C@@H]2O)C1. The van der Waals surface area contributed by atoms with Gasteiger partial charge in [-0.3, -0.25) is 4.79 Å². The van der Waals surface area contributed by atoms with Crippen LogP contribution in [0.5, 0.6) is 0 Å². The number of amides is 1. The minimum absolute atomic E-state index is 0. The topological polar surface area (TPSA) is 73.8 Å². The minimum Gasteiger partial charge on any atom is -0.392 e. The van der Waals surface area contributed by atoms with Gasteiger partial charge in [0.1, 0.15) is 5.60 Å². The van der Waals surface area contributed by atoms with E-state index in [1.807, 2.05) is 4.90 Å². The number of carbonyl (C=O) groups is 1. The van der Waals surface area contributed by atoms with Gasteiger partial charge in [0.2, 0.25) is 0 Å². The number of ether oxygens (including phenoxy) is 1. The molecule has 3 fully saturated rings. The Bertz CT molecular complexity index is 752. The second-order valence-corrected chi connectivity index (χ2v) is 10.0. The number of halogens is 2. The number of aliphatic hydroxyl groups is 1. The Kier molecular flexibility index (Phi) is 7.76. The highest BCUT2D eigenvalue weighted by molar-refractivity contribution is 7.14. The van der Waals surface area contributed by atoms with E-state index in [1.165, 1.54) is 10.4 Å². The molecule has 6 nitrogen and oxygen atoms in total. The van der Waals surface area contributed by atoms with Crippen molar-refractivity contribution in [1.82, 2.24) is 15.5 Å². The highest BCUT2D eigenvalue weighted by Gasteiger charge is 2.45. The number of nitrogens with zero attached hydrogens (tertiary/aromatic N) is 1. The number of nitrogens with one attached hydrogen (secondary N) is 2. The molecule has 3 N–H and O–H groups in total. The molecule has 2 atom stereocenters. The van der Waals surface area contributed by atoms with Crippen LogP contribution in [-0.4, -0.2) is 67.9 Å². The molecule has 4 aliphatic rings. The predicted molar refractivity (Wildman–Crippen MR) is 123 cm³/mol. The van der Waals surface area contributed by atoms with Gasteiger partial charge in [0, 0.05) is 29.9 Å². The van der Waals surface area contributed by atoms with Crippen LogP contribution >= 0.6 is 36.2 Å². The van der Waals surface area contributed by atoms with Gasteiger partial charge in [-0.05, 0) is 69.8 Å². The van der Waals surface area contributed by atoms with Crippen molar-refractivity contribution >= 4 is 42.1 Å². The van der Waals surface area contributed by atoms with E-state index < -0.39 is 0 Å². The van der Waals surface area contributed by atoms with Crippen molar-refractivity contribution < 1.29 is 14.6 Å². The third-order valence-electron chi connectivity index (χ3n) is 7.27. The summed E-state index contributed by atoms with van der Waals surface area (Å²) in [5.41, 5.74) is 0.949. The third kappa shape index (κ3) is 4.15. The smallest absolute Gasteiger partial charge is 0.263 e. The molecule has 0 aliphatic carbocycles. The van der Waals surface area contributed by atoms with Crippen molar-refractivity contribution in [1.29, 1.82) is 0 Å². The largest absolute Gasteiger partial charge is 0.392 e. The molecule has 1 aromatic heterocycles. The first-order valence-electron chi connectivity index (χ1n) is 10.8. The molecule has 0 bridgehead atoms. The number of piperidine rings is 3. The number of hydrogen-bond acceptors (Lipinski definition) is 6. The normalized spacial score (nSPS) is 30.3. The molecule has 1 aromatic rings. The summed E-state index contributed by atoms with van der Waals surface area (Å²) in [6.07, 6.45) is 5.30. The molecule has 0 unspecified atom stereocenters. The number of thiophene rings is 1. The first kappa shape index (κ1) is 24.2. The van der Waals surface area contributed by atoms with Gasteiger partial charge in [-0.1, -0.05) is 0 Å². The van der Waals surface area contributed by atoms with Crippen LogP contribution in [-0.2, 0) is 16.8 Å². The van der Waals surface area contributed by atoms with Crippen LogP contribution in [0.2, 0.25) is 0 Å². The molecule has 3 saturated heterocycles. The number of likely N-dealkylation sites (tertiary alicyclic amines) is 1. The number of hydrogen-bond donors (Lipinski definition) is 3. The van der Waals surface area contributed by atoms with Crippen molar-refractivity contribution in [2.75, 3.05) is 45.9 Å². The molecule has 4 aliphatic heterocycles. The highest BCUT2D eigenvalue weighted by Crippen LogP contribution is 2.45. The van der Waals surface area contributed by atoms with Crippen molar-refractivity contribution in [3.8, 4) is 0 Å². The zero-order valence-electron chi connectivity index (χ0n) is 17.3. The van der Waals surface area contributed by atoms with Crippen molar-refractivity contribution in [2.45, 2.75) is 50.2 Å². The maximum absolute atomic E-state index is 13.4. The van der Waals surface area contributed by atoms with E-state index in [-0.39, 0.29) is 47.8 Å². The molecular weight excluding hydrogens is 445 g/mol. The standard InChI is InChI=1S/C21H31N3O3S.2ClH/c25-17-2-7-23-13-20(17)4-1-10-24(14-20)19(26)16-12-15-3-11-27-21(18(15)28-16)5-8-22-9-6-21;;/h12,17,22-23,25H,1-11,13-14H2;2*1H/t17-,20-;;/m0../s1. The van der Waals surface area contributed by atoms with Gasteiger partial charge < -0.3 is 25.4 Å². The van der Waals surface area contributed by atoms with E-state index in [1.54, 1.807) is 11.3 Å². The molecule has 1 amide bonds. The zero-order chi connectivity index (χ0) is 19.2. The maximum Gasteiger partial charge on any atom is 0.263 e. The monoisotopic (exact) mass is 477 g/mol. The maximum atomic E-state index is 13.4. The van der Waals surface area contributed by atoms with E-state index in [0.717, 1.165) is 82.7 Å². The fourth-order valence-electron chi connectivity index (χ4n) is 5.64. The van der Waals surface area contributed by atoms with E-state index in [2.05, 4.69) is 16.7 Å². The summed E-state index contributed by atoms with van der Waals surface area (Å²) in [5, 5.41) is 17.5. The quantitative estimate of drug-likeness (QED) is 0.578. The summed E-state index contributed by atoms with van der Waals surface area (Å²) in [6, 6.07) is 2.13. The molecule has 9 heteroatoms. The van der Waals surface area contributed by atoms with Crippen LogP contribution in [0.4, 0.5) is 0 Å². The molecule has 30 heavy (non-hydrogen) atoms. The van der Waals surface area contributed by atoms with Gasteiger partial charge in [-0.15, -0.1) is 36.2 Å². The van der Waals surface area contributed by atoms with Crippen LogP contribution in [0.1, 0.15) is 52.2 Å². The van der Waals surface area contributed by atoms with Crippen LogP contribution in [0, 0.1) is 5.41 Å². The molecule has 5 heterocycles. The van der Waals surface area contributed by atoms with E-state index >= 15 is 0 Å². The fourth-order valence-corrected chi connectivity index (χ4v) is 7.01. The lowest BCUT2D eigenvalue weighted by Gasteiger charge is -2.48. The number of rotatable bonds is 1. The number of fused-ring (bicyclic) bond motifs is 2. The summed E-state index contributed by atoms with van der Waals surface area (Å²) < 4.78 is 6.28. The lowest BCUT2D eigenvalue weighted by molar-refractivity contribution is -0.0771. The Labute approximate surface area is 194 Å². The van der Waals surface area contributed by atoms with Crippen molar-refractivity contribution in [2.24, 2.45) is 5.41 Å².